The summed E-state index contributed by atoms with van der Waals surface area (Å²) in [5.41, 5.74) is 5.49. The highest BCUT2D eigenvalue weighted by atomic mass is 32.1. The van der Waals surface area contributed by atoms with Crippen LogP contribution >= 0.6 is 11.3 Å². The van der Waals surface area contributed by atoms with Gasteiger partial charge in [0.05, 0.1) is 11.3 Å². The smallest absolute Gasteiger partial charge is 0.258 e. The van der Waals surface area contributed by atoms with Crippen molar-refractivity contribution in [3.63, 3.8) is 0 Å². The van der Waals surface area contributed by atoms with E-state index in [9.17, 15) is 4.79 Å². The summed E-state index contributed by atoms with van der Waals surface area (Å²) in [4.78, 5) is 22.7. The average molecular weight is 368 g/mol. The molecule has 26 heavy (non-hydrogen) atoms. The summed E-state index contributed by atoms with van der Waals surface area (Å²) in [5, 5.41) is 2.71. The first kappa shape index (κ1) is 19.7. The van der Waals surface area contributed by atoms with Crippen LogP contribution in [0.4, 0.5) is 0 Å². The van der Waals surface area contributed by atoms with Crippen molar-refractivity contribution in [2.75, 3.05) is 0 Å². The molecule has 0 fully saturated rings. The van der Waals surface area contributed by atoms with Gasteiger partial charge in [-0.2, -0.15) is 0 Å². The third-order valence-corrected chi connectivity index (χ3v) is 4.55. The summed E-state index contributed by atoms with van der Waals surface area (Å²) in [6.45, 7) is 11.9. The minimum atomic E-state index is -0.108. The lowest BCUT2D eigenvalue weighted by molar-refractivity contribution is 1.09. The highest BCUT2D eigenvalue weighted by Gasteiger charge is 2.15. The second-order valence-electron chi connectivity index (χ2n) is 5.95. The molecular weight excluding hydrogens is 342 g/mol. The fourth-order valence-electron chi connectivity index (χ4n) is 2.48. The molecule has 0 atom stereocenters. The molecule has 0 spiro atoms. The molecule has 4 nitrogen and oxygen atoms in total. The number of aromatic nitrogens is 3. The Morgan fingerprint density at radius 3 is 2.65 bits per heavy atom. The van der Waals surface area contributed by atoms with E-state index in [1.807, 2.05) is 43.6 Å². The molecule has 0 radical (unpaired) electrons. The molecule has 0 bridgehead atoms. The SMILES string of the molecule is C=C/C=C\c1c(-c2csc(-c3c(C)cc[nH]c3=O)n2)c[nH]c1C.CCC. The summed E-state index contributed by atoms with van der Waals surface area (Å²) in [6, 6.07) is 1.89. The van der Waals surface area contributed by atoms with Crippen LogP contribution in [0.2, 0.25) is 0 Å². The number of hydrogen-bond donors (Lipinski definition) is 2. The van der Waals surface area contributed by atoms with Gasteiger partial charge in [-0.1, -0.05) is 45.1 Å². The largest absolute Gasteiger partial charge is 0.364 e. The lowest BCUT2D eigenvalue weighted by Gasteiger charge is -2.00. The Balaban J connectivity index is 0.000000758. The second-order valence-corrected chi connectivity index (χ2v) is 6.80. The number of allylic oxidation sites excluding steroid dienone is 2. The van der Waals surface area contributed by atoms with E-state index in [0.29, 0.717) is 5.56 Å². The van der Waals surface area contributed by atoms with Crippen molar-refractivity contribution >= 4 is 17.4 Å². The van der Waals surface area contributed by atoms with Gasteiger partial charge in [0.25, 0.3) is 5.56 Å². The first-order valence-corrected chi connectivity index (χ1v) is 9.53. The lowest BCUT2D eigenvalue weighted by Crippen LogP contribution is -2.09. The van der Waals surface area contributed by atoms with Crippen LogP contribution in [0.15, 0.2) is 47.4 Å². The standard InChI is InChI=1S/C18H17N3OS.C3H8/c1-4-5-6-13-12(3)20-9-14(13)15-10-23-18(21-15)16-11(2)7-8-19-17(16)22;1-3-2/h4-10,20H,1H2,2-3H3,(H,19,22);3H2,1-2H3/b6-5-;. The predicted molar refractivity (Wildman–Crippen MR) is 113 cm³/mol. The highest BCUT2D eigenvalue weighted by Crippen LogP contribution is 2.32. The Kier molecular flexibility index (Phi) is 6.92. The third kappa shape index (κ3) is 4.29. The van der Waals surface area contributed by atoms with E-state index in [1.54, 1.807) is 12.3 Å². The summed E-state index contributed by atoms with van der Waals surface area (Å²) < 4.78 is 0. The summed E-state index contributed by atoms with van der Waals surface area (Å²) >= 11 is 1.48. The maximum Gasteiger partial charge on any atom is 0.258 e. The number of nitrogens with one attached hydrogen (secondary N) is 2. The molecule has 0 unspecified atom stereocenters. The van der Waals surface area contributed by atoms with Gasteiger partial charge in [0, 0.05) is 34.6 Å². The van der Waals surface area contributed by atoms with E-state index in [-0.39, 0.29) is 5.56 Å². The van der Waals surface area contributed by atoms with Crippen LogP contribution in [-0.4, -0.2) is 15.0 Å². The van der Waals surface area contributed by atoms with Crippen LogP contribution in [0.5, 0.6) is 0 Å². The van der Waals surface area contributed by atoms with Gasteiger partial charge in [-0.3, -0.25) is 4.79 Å². The molecule has 5 heteroatoms. The van der Waals surface area contributed by atoms with E-state index in [1.165, 1.54) is 17.8 Å². The Morgan fingerprint density at radius 2 is 2.00 bits per heavy atom. The maximum absolute atomic E-state index is 12.1. The molecule has 0 aliphatic carbocycles. The Hall–Kier alpha value is -2.66. The Labute approximate surface area is 158 Å². The van der Waals surface area contributed by atoms with Crippen molar-refractivity contribution in [3.05, 3.63) is 69.7 Å². The lowest BCUT2D eigenvalue weighted by atomic mass is 10.1. The molecule has 3 heterocycles. The van der Waals surface area contributed by atoms with Crippen molar-refractivity contribution in [1.29, 1.82) is 0 Å². The zero-order chi connectivity index (χ0) is 19.1. The van der Waals surface area contributed by atoms with Gasteiger partial charge in [0.2, 0.25) is 0 Å². The molecule has 0 saturated heterocycles. The topological polar surface area (TPSA) is 61.5 Å². The van der Waals surface area contributed by atoms with Crippen LogP contribution in [0.25, 0.3) is 27.9 Å². The third-order valence-electron chi connectivity index (χ3n) is 3.69. The molecule has 0 aliphatic rings. The molecule has 0 amide bonds. The first-order chi connectivity index (χ1) is 12.5. The molecule has 3 aromatic rings. The quantitative estimate of drug-likeness (QED) is 0.579. The maximum atomic E-state index is 12.1. The van der Waals surface area contributed by atoms with Crippen LogP contribution in [0.3, 0.4) is 0 Å². The number of nitrogens with zero attached hydrogens (tertiary/aromatic N) is 1. The molecule has 0 aromatic carbocycles. The van der Waals surface area contributed by atoms with Gasteiger partial charge in [0.1, 0.15) is 5.01 Å². The van der Waals surface area contributed by atoms with E-state index < -0.39 is 0 Å². The fraction of sp³-hybridized carbons (Fsp3) is 0.238. The van der Waals surface area contributed by atoms with Crippen molar-refractivity contribution in [1.82, 2.24) is 15.0 Å². The first-order valence-electron chi connectivity index (χ1n) is 8.65. The molecule has 3 rings (SSSR count). The average Bonchev–Trinajstić information content (AvgIpc) is 3.20. The number of aryl methyl sites for hydroxylation is 2. The normalized spacial score (nSPS) is 10.6. The van der Waals surface area contributed by atoms with Gasteiger partial charge in [-0.25, -0.2) is 4.98 Å². The molecule has 136 valence electrons. The summed E-state index contributed by atoms with van der Waals surface area (Å²) in [7, 11) is 0. The molecular formula is C21H25N3OS. The minimum Gasteiger partial charge on any atom is -0.364 e. The number of H-pyrrole nitrogens is 2. The van der Waals surface area contributed by atoms with E-state index in [0.717, 1.165) is 33.1 Å². The zero-order valence-corrected chi connectivity index (χ0v) is 16.5. The Morgan fingerprint density at radius 1 is 1.27 bits per heavy atom. The van der Waals surface area contributed by atoms with E-state index in [2.05, 4.69) is 35.4 Å². The van der Waals surface area contributed by atoms with Crippen molar-refractivity contribution in [2.45, 2.75) is 34.1 Å². The highest BCUT2D eigenvalue weighted by molar-refractivity contribution is 7.13. The van der Waals surface area contributed by atoms with Crippen LogP contribution in [-0.2, 0) is 0 Å². The summed E-state index contributed by atoms with van der Waals surface area (Å²) in [6.07, 6.45) is 10.5. The van der Waals surface area contributed by atoms with E-state index in [4.69, 9.17) is 0 Å². The fourth-order valence-corrected chi connectivity index (χ4v) is 3.41. The van der Waals surface area contributed by atoms with Gasteiger partial charge in [0.15, 0.2) is 0 Å². The predicted octanol–water partition coefficient (Wildman–Crippen LogP) is 5.73. The minimum absolute atomic E-state index is 0.108. The van der Waals surface area contributed by atoms with Gasteiger partial charge in [-0.05, 0) is 25.5 Å². The van der Waals surface area contributed by atoms with Crippen LogP contribution < -0.4 is 5.56 Å². The monoisotopic (exact) mass is 367 g/mol. The second kappa shape index (κ2) is 9.15. The zero-order valence-electron chi connectivity index (χ0n) is 15.7. The number of aromatic amines is 2. The number of rotatable bonds is 4. The van der Waals surface area contributed by atoms with Crippen LogP contribution in [0, 0.1) is 13.8 Å². The van der Waals surface area contributed by atoms with Gasteiger partial charge >= 0.3 is 0 Å². The number of pyridine rings is 1. The summed E-state index contributed by atoms with van der Waals surface area (Å²) in [5.74, 6) is 0. The number of thiazole rings is 1. The van der Waals surface area contributed by atoms with Crippen molar-refractivity contribution in [3.8, 4) is 21.8 Å². The van der Waals surface area contributed by atoms with Gasteiger partial charge < -0.3 is 9.97 Å². The molecule has 0 aliphatic heterocycles. The van der Waals surface area contributed by atoms with Crippen molar-refractivity contribution in [2.24, 2.45) is 0 Å². The molecule has 3 aromatic heterocycles. The number of hydrogen-bond acceptors (Lipinski definition) is 3. The van der Waals surface area contributed by atoms with Gasteiger partial charge in [-0.15, -0.1) is 11.3 Å². The molecule has 0 saturated carbocycles. The van der Waals surface area contributed by atoms with Crippen molar-refractivity contribution < 1.29 is 0 Å². The van der Waals surface area contributed by atoms with E-state index >= 15 is 0 Å². The molecule has 2 N–H and O–H groups in total. The van der Waals surface area contributed by atoms with Crippen LogP contribution in [0.1, 0.15) is 37.1 Å². The Bertz CT molecular complexity index is 960.